The number of H-pyrrole nitrogens is 2. The molecular weight excluding hydrogens is 392 g/mol. The lowest BCUT2D eigenvalue weighted by Crippen LogP contribution is -2.39. The summed E-state index contributed by atoms with van der Waals surface area (Å²) < 4.78 is 0. The van der Waals surface area contributed by atoms with Crippen LogP contribution in [0.1, 0.15) is 19.0 Å². The van der Waals surface area contributed by atoms with Gasteiger partial charge in [0.2, 0.25) is 5.91 Å². The van der Waals surface area contributed by atoms with Crippen LogP contribution in [0, 0.1) is 0 Å². The highest BCUT2D eigenvalue weighted by Crippen LogP contribution is 2.29. The third kappa shape index (κ3) is 3.99. The molecule has 4 heterocycles. The summed E-state index contributed by atoms with van der Waals surface area (Å²) in [6, 6.07) is 8.12. The van der Waals surface area contributed by atoms with Crippen LogP contribution in [0.2, 0.25) is 0 Å². The molecule has 4 aromatic rings. The third-order valence-corrected chi connectivity index (χ3v) is 5.51. The standard InChI is InChI=1S/C22H24N8O/c1-2-23-20(31)12-30-7-5-14(6-8-30)19-10-17-21(24-13-25-22(17)28-19)27-16-3-4-18-15(9-16)11-26-29-18/h3-5,9-11,13H,2,6-8,12H2,1H3,(H,23,31)(H,26,29)(H2,24,25,27,28). The average molecular weight is 416 g/mol. The van der Waals surface area contributed by atoms with Crippen LogP contribution < -0.4 is 10.6 Å². The Labute approximate surface area is 179 Å². The summed E-state index contributed by atoms with van der Waals surface area (Å²) in [5, 5.41) is 15.3. The molecule has 0 saturated carbocycles. The number of anilines is 2. The van der Waals surface area contributed by atoms with E-state index in [4.69, 9.17) is 0 Å². The topological polar surface area (TPSA) is 115 Å². The van der Waals surface area contributed by atoms with E-state index in [1.54, 1.807) is 12.5 Å². The fourth-order valence-corrected chi connectivity index (χ4v) is 3.93. The zero-order valence-corrected chi connectivity index (χ0v) is 17.3. The highest BCUT2D eigenvalue weighted by atomic mass is 16.2. The normalized spacial score (nSPS) is 14.7. The lowest BCUT2D eigenvalue weighted by Gasteiger charge is -2.25. The molecule has 0 unspecified atom stereocenters. The van der Waals surface area contributed by atoms with Crippen molar-refractivity contribution in [2.45, 2.75) is 13.3 Å². The molecule has 0 radical (unpaired) electrons. The molecule has 1 aromatic carbocycles. The van der Waals surface area contributed by atoms with E-state index in [2.05, 4.69) is 52.8 Å². The van der Waals surface area contributed by atoms with E-state index in [1.165, 1.54) is 5.57 Å². The molecule has 0 fully saturated rings. The summed E-state index contributed by atoms with van der Waals surface area (Å²) in [5.74, 6) is 0.828. The minimum absolute atomic E-state index is 0.0737. The predicted octanol–water partition coefficient (Wildman–Crippen LogP) is 2.80. The molecule has 3 aromatic heterocycles. The van der Waals surface area contributed by atoms with Crippen molar-refractivity contribution in [1.82, 2.24) is 35.4 Å². The first-order chi connectivity index (χ1) is 15.2. The van der Waals surface area contributed by atoms with Crippen molar-refractivity contribution in [3.8, 4) is 0 Å². The number of nitrogens with zero attached hydrogens (tertiary/aromatic N) is 4. The number of hydrogen-bond donors (Lipinski definition) is 4. The molecule has 0 saturated heterocycles. The van der Waals surface area contributed by atoms with Gasteiger partial charge in [-0.1, -0.05) is 6.08 Å². The number of rotatable bonds is 6. The number of nitrogens with one attached hydrogen (secondary N) is 4. The summed E-state index contributed by atoms with van der Waals surface area (Å²) in [6.45, 7) is 4.63. The second-order valence-electron chi connectivity index (χ2n) is 7.63. The number of hydrogen-bond acceptors (Lipinski definition) is 6. The molecule has 0 bridgehead atoms. The van der Waals surface area contributed by atoms with E-state index in [-0.39, 0.29) is 5.91 Å². The Kier molecular flexibility index (Phi) is 5.09. The quantitative estimate of drug-likeness (QED) is 0.384. The first kappa shape index (κ1) is 19.3. The Morgan fingerprint density at radius 1 is 1.26 bits per heavy atom. The van der Waals surface area contributed by atoms with E-state index >= 15 is 0 Å². The van der Waals surface area contributed by atoms with Crippen LogP contribution in [0.4, 0.5) is 11.5 Å². The van der Waals surface area contributed by atoms with Gasteiger partial charge >= 0.3 is 0 Å². The Hall–Kier alpha value is -3.72. The van der Waals surface area contributed by atoms with Crippen LogP contribution in [0.3, 0.4) is 0 Å². The zero-order valence-electron chi connectivity index (χ0n) is 17.3. The number of aromatic nitrogens is 5. The van der Waals surface area contributed by atoms with Crippen molar-refractivity contribution < 1.29 is 4.79 Å². The maximum Gasteiger partial charge on any atom is 0.234 e. The number of benzene rings is 1. The second kappa shape index (κ2) is 8.19. The zero-order chi connectivity index (χ0) is 21.2. The summed E-state index contributed by atoms with van der Waals surface area (Å²) in [4.78, 5) is 26.2. The van der Waals surface area contributed by atoms with Gasteiger partial charge in [-0.15, -0.1) is 0 Å². The Morgan fingerprint density at radius 3 is 3.03 bits per heavy atom. The molecule has 5 rings (SSSR count). The van der Waals surface area contributed by atoms with Crippen LogP contribution in [-0.4, -0.2) is 62.1 Å². The van der Waals surface area contributed by atoms with Crippen LogP contribution in [-0.2, 0) is 4.79 Å². The summed E-state index contributed by atoms with van der Waals surface area (Å²) >= 11 is 0. The molecule has 1 aliphatic heterocycles. The molecule has 9 nitrogen and oxygen atoms in total. The summed E-state index contributed by atoms with van der Waals surface area (Å²) in [5.41, 5.74) is 5.00. The molecule has 0 spiro atoms. The predicted molar refractivity (Wildman–Crippen MR) is 121 cm³/mol. The summed E-state index contributed by atoms with van der Waals surface area (Å²) in [7, 11) is 0. The van der Waals surface area contributed by atoms with Crippen molar-refractivity contribution in [3.05, 3.63) is 48.6 Å². The molecule has 31 heavy (non-hydrogen) atoms. The van der Waals surface area contributed by atoms with Crippen LogP contribution in [0.5, 0.6) is 0 Å². The minimum Gasteiger partial charge on any atom is -0.355 e. The van der Waals surface area contributed by atoms with E-state index in [0.29, 0.717) is 13.1 Å². The van der Waals surface area contributed by atoms with Crippen molar-refractivity contribution >= 4 is 44.9 Å². The van der Waals surface area contributed by atoms with Crippen LogP contribution in [0.25, 0.3) is 27.5 Å². The molecule has 0 atom stereocenters. The molecule has 0 aliphatic carbocycles. The molecule has 1 amide bonds. The van der Waals surface area contributed by atoms with E-state index < -0.39 is 0 Å². The summed E-state index contributed by atoms with van der Waals surface area (Å²) in [6.07, 6.45) is 6.42. The van der Waals surface area contributed by atoms with Gasteiger partial charge in [-0.2, -0.15) is 5.10 Å². The lowest BCUT2D eigenvalue weighted by molar-refractivity contribution is -0.122. The SMILES string of the molecule is CCNC(=O)CN1CC=C(c2cc3c(Nc4ccc5[nH]ncc5c4)ncnc3[nH]2)CC1. The van der Waals surface area contributed by atoms with E-state index in [1.807, 2.05) is 25.1 Å². The van der Waals surface area contributed by atoms with Gasteiger partial charge in [-0.3, -0.25) is 14.8 Å². The van der Waals surface area contributed by atoms with Crippen molar-refractivity contribution in [3.63, 3.8) is 0 Å². The van der Waals surface area contributed by atoms with Gasteiger partial charge in [-0.25, -0.2) is 9.97 Å². The van der Waals surface area contributed by atoms with Gasteiger partial charge in [0.15, 0.2) is 0 Å². The van der Waals surface area contributed by atoms with Crippen LogP contribution in [0.15, 0.2) is 42.9 Å². The van der Waals surface area contributed by atoms with Gasteiger partial charge in [0.1, 0.15) is 17.8 Å². The maximum atomic E-state index is 11.8. The number of carbonyl (C=O) groups excluding carboxylic acids is 1. The Bertz CT molecular complexity index is 1270. The molecular formula is C22H24N8O. The highest BCUT2D eigenvalue weighted by molar-refractivity contribution is 5.93. The second-order valence-corrected chi connectivity index (χ2v) is 7.63. The van der Waals surface area contributed by atoms with Gasteiger partial charge in [0.25, 0.3) is 0 Å². The number of amides is 1. The number of carbonyl (C=O) groups is 1. The molecule has 1 aliphatic rings. The van der Waals surface area contributed by atoms with Crippen molar-refractivity contribution in [2.75, 3.05) is 31.5 Å². The third-order valence-electron chi connectivity index (χ3n) is 5.51. The number of aromatic amines is 2. The molecule has 4 N–H and O–H groups in total. The smallest absolute Gasteiger partial charge is 0.234 e. The molecule has 158 valence electrons. The minimum atomic E-state index is 0.0737. The maximum absolute atomic E-state index is 11.8. The highest BCUT2D eigenvalue weighted by Gasteiger charge is 2.18. The fourth-order valence-electron chi connectivity index (χ4n) is 3.93. The lowest BCUT2D eigenvalue weighted by atomic mass is 10.0. The largest absolute Gasteiger partial charge is 0.355 e. The van der Waals surface area contributed by atoms with Gasteiger partial charge < -0.3 is 15.6 Å². The average Bonchev–Trinajstić information content (AvgIpc) is 3.41. The van der Waals surface area contributed by atoms with Crippen LogP contribution >= 0.6 is 0 Å². The Morgan fingerprint density at radius 2 is 2.19 bits per heavy atom. The van der Waals surface area contributed by atoms with E-state index in [9.17, 15) is 4.79 Å². The Balaban J connectivity index is 1.36. The van der Waals surface area contributed by atoms with Gasteiger partial charge in [0, 0.05) is 36.4 Å². The molecule has 9 heteroatoms. The van der Waals surface area contributed by atoms with E-state index in [0.717, 1.165) is 58.6 Å². The van der Waals surface area contributed by atoms with Crippen molar-refractivity contribution in [1.29, 1.82) is 0 Å². The monoisotopic (exact) mass is 416 g/mol. The van der Waals surface area contributed by atoms with Crippen molar-refractivity contribution in [2.24, 2.45) is 0 Å². The first-order valence-corrected chi connectivity index (χ1v) is 10.4. The number of likely N-dealkylation sites (N-methyl/N-ethyl adjacent to an activating group) is 1. The van der Waals surface area contributed by atoms with Gasteiger partial charge in [-0.05, 0) is 43.2 Å². The first-order valence-electron chi connectivity index (χ1n) is 10.4. The fraction of sp³-hybridized carbons (Fsp3) is 0.273. The van der Waals surface area contributed by atoms with Gasteiger partial charge in [0.05, 0.1) is 23.6 Å². The number of fused-ring (bicyclic) bond motifs is 2.